The molecule has 2 aromatic carbocycles. The van der Waals surface area contributed by atoms with E-state index in [1.807, 2.05) is 62.4 Å². The summed E-state index contributed by atoms with van der Waals surface area (Å²) in [6.45, 7) is 6.00. The second-order valence-electron chi connectivity index (χ2n) is 10.2. The van der Waals surface area contributed by atoms with Gasteiger partial charge in [0, 0.05) is 39.3 Å². The normalized spacial score (nSPS) is 21.4. The van der Waals surface area contributed by atoms with Crippen LogP contribution in [0.1, 0.15) is 47.9 Å². The Kier molecular flexibility index (Phi) is 9.00. The van der Waals surface area contributed by atoms with Gasteiger partial charge in [-0.15, -0.1) is 0 Å². The van der Waals surface area contributed by atoms with Crippen molar-refractivity contribution in [2.45, 2.75) is 52.6 Å². The number of carbonyl (C=O) groups is 2. The topological polar surface area (TPSA) is 98.8 Å². The van der Waals surface area contributed by atoms with Gasteiger partial charge in [-0.2, -0.15) is 17.0 Å². The van der Waals surface area contributed by atoms with Crippen molar-refractivity contribution in [2.75, 3.05) is 26.2 Å². The van der Waals surface area contributed by atoms with Crippen LogP contribution in [0.15, 0.2) is 48.5 Å². The molecular weight excluding hydrogens is 488 g/mol. The molecule has 2 saturated heterocycles. The lowest BCUT2D eigenvalue weighted by atomic mass is 9.98. The molecule has 200 valence electrons. The first-order valence-electron chi connectivity index (χ1n) is 13.2. The maximum absolute atomic E-state index is 13.5. The van der Waals surface area contributed by atoms with Gasteiger partial charge in [-0.25, -0.2) is 0 Å². The smallest absolute Gasteiger partial charge is 0.282 e. The SMILES string of the molecule is Cc1ccccc1CNC(=O)C1CCCN(S(=O)(=O)N2CCCC(C(=O)NCc3ccccc3C)C2)C1. The third-order valence-electron chi connectivity index (χ3n) is 7.59. The number of amides is 2. The van der Waals surface area contributed by atoms with Crippen molar-refractivity contribution in [1.82, 2.24) is 19.2 Å². The molecule has 37 heavy (non-hydrogen) atoms. The molecule has 0 saturated carbocycles. The maximum atomic E-state index is 13.5. The molecule has 9 heteroatoms. The molecule has 0 aliphatic carbocycles. The Morgan fingerprint density at radius 3 is 1.57 bits per heavy atom. The highest BCUT2D eigenvalue weighted by molar-refractivity contribution is 7.86. The van der Waals surface area contributed by atoms with E-state index in [9.17, 15) is 18.0 Å². The minimum absolute atomic E-state index is 0.116. The number of rotatable bonds is 8. The van der Waals surface area contributed by atoms with E-state index in [1.165, 1.54) is 8.61 Å². The van der Waals surface area contributed by atoms with Crippen LogP contribution in [0.2, 0.25) is 0 Å². The predicted octanol–water partition coefficient (Wildman–Crippen LogP) is 2.90. The average molecular weight is 527 g/mol. The van der Waals surface area contributed by atoms with E-state index >= 15 is 0 Å². The molecule has 0 bridgehead atoms. The molecule has 2 fully saturated rings. The van der Waals surface area contributed by atoms with Gasteiger partial charge in [-0.1, -0.05) is 48.5 Å². The van der Waals surface area contributed by atoms with Gasteiger partial charge in [0.2, 0.25) is 11.8 Å². The minimum Gasteiger partial charge on any atom is -0.352 e. The average Bonchev–Trinajstić information content (AvgIpc) is 2.92. The molecule has 0 aromatic heterocycles. The van der Waals surface area contributed by atoms with Gasteiger partial charge in [-0.05, 0) is 61.8 Å². The zero-order chi connectivity index (χ0) is 26.4. The number of carbonyl (C=O) groups excluding carboxylic acids is 2. The highest BCUT2D eigenvalue weighted by Gasteiger charge is 2.39. The van der Waals surface area contributed by atoms with Gasteiger partial charge in [0.1, 0.15) is 0 Å². The zero-order valence-electron chi connectivity index (χ0n) is 21.8. The van der Waals surface area contributed by atoms with E-state index in [0.717, 1.165) is 22.3 Å². The number of hydrogen-bond acceptors (Lipinski definition) is 4. The van der Waals surface area contributed by atoms with Crippen LogP contribution in [-0.2, 0) is 32.9 Å². The Balaban J connectivity index is 1.33. The fourth-order valence-corrected chi connectivity index (χ4v) is 6.95. The summed E-state index contributed by atoms with van der Waals surface area (Å²) in [6, 6.07) is 15.8. The first-order valence-corrected chi connectivity index (χ1v) is 14.5. The van der Waals surface area contributed by atoms with Crippen molar-refractivity contribution < 1.29 is 18.0 Å². The van der Waals surface area contributed by atoms with Crippen molar-refractivity contribution in [3.63, 3.8) is 0 Å². The summed E-state index contributed by atoms with van der Waals surface area (Å²) < 4.78 is 29.9. The summed E-state index contributed by atoms with van der Waals surface area (Å²) in [5.74, 6) is -0.999. The lowest BCUT2D eigenvalue weighted by Crippen LogP contribution is -2.53. The van der Waals surface area contributed by atoms with Crippen LogP contribution in [0.3, 0.4) is 0 Å². The van der Waals surface area contributed by atoms with Crippen LogP contribution in [-0.4, -0.2) is 55.0 Å². The molecular formula is C28H38N4O4S. The van der Waals surface area contributed by atoms with E-state index < -0.39 is 10.2 Å². The number of aryl methyl sites for hydroxylation is 2. The number of hydrogen-bond donors (Lipinski definition) is 2. The molecule has 8 nitrogen and oxygen atoms in total. The summed E-state index contributed by atoms with van der Waals surface area (Å²) >= 11 is 0. The van der Waals surface area contributed by atoms with Crippen molar-refractivity contribution in [1.29, 1.82) is 0 Å². The van der Waals surface area contributed by atoms with Gasteiger partial charge in [0.05, 0.1) is 11.8 Å². The highest BCUT2D eigenvalue weighted by Crippen LogP contribution is 2.26. The van der Waals surface area contributed by atoms with Crippen LogP contribution in [0.4, 0.5) is 0 Å². The molecule has 4 rings (SSSR count). The fourth-order valence-electron chi connectivity index (χ4n) is 5.17. The van der Waals surface area contributed by atoms with Gasteiger partial charge in [0.15, 0.2) is 0 Å². The van der Waals surface area contributed by atoms with Gasteiger partial charge >= 0.3 is 0 Å². The Morgan fingerprint density at radius 1 is 0.757 bits per heavy atom. The largest absolute Gasteiger partial charge is 0.352 e. The second-order valence-corrected chi connectivity index (χ2v) is 12.1. The molecule has 0 radical (unpaired) electrons. The minimum atomic E-state index is -3.76. The molecule has 2 heterocycles. The second kappa shape index (κ2) is 12.2. The first-order chi connectivity index (χ1) is 17.8. The van der Waals surface area contributed by atoms with E-state index in [-0.39, 0.29) is 36.7 Å². The third kappa shape index (κ3) is 6.77. The predicted molar refractivity (Wildman–Crippen MR) is 144 cm³/mol. The van der Waals surface area contributed by atoms with Gasteiger partial charge in [-0.3, -0.25) is 9.59 Å². The van der Waals surface area contributed by atoms with Gasteiger partial charge in [0.25, 0.3) is 10.2 Å². The van der Waals surface area contributed by atoms with Crippen molar-refractivity contribution in [3.8, 4) is 0 Å². The van der Waals surface area contributed by atoms with Crippen LogP contribution in [0.5, 0.6) is 0 Å². The Morgan fingerprint density at radius 2 is 1.16 bits per heavy atom. The van der Waals surface area contributed by atoms with Crippen molar-refractivity contribution >= 4 is 22.0 Å². The van der Waals surface area contributed by atoms with Crippen LogP contribution in [0.25, 0.3) is 0 Å². The van der Waals surface area contributed by atoms with E-state index in [4.69, 9.17) is 0 Å². The molecule has 2 aromatic rings. The summed E-state index contributed by atoms with van der Waals surface area (Å²) in [5, 5.41) is 5.98. The summed E-state index contributed by atoms with van der Waals surface area (Å²) in [5.41, 5.74) is 4.32. The third-order valence-corrected chi connectivity index (χ3v) is 9.56. The Bertz CT molecular complexity index is 1130. The highest BCUT2D eigenvalue weighted by atomic mass is 32.2. The number of piperidine rings is 2. The Hall–Kier alpha value is -2.75. The summed E-state index contributed by atoms with van der Waals surface area (Å²) in [4.78, 5) is 25.8. The van der Waals surface area contributed by atoms with Crippen molar-refractivity contribution in [3.05, 3.63) is 70.8 Å². The van der Waals surface area contributed by atoms with E-state index in [1.54, 1.807) is 0 Å². The Labute approximate surface area is 220 Å². The number of nitrogens with one attached hydrogen (secondary N) is 2. The molecule has 2 amide bonds. The first kappa shape index (κ1) is 27.3. The molecule has 2 atom stereocenters. The standard InChI is InChI=1S/C28H38N4O4S/c1-21-9-3-5-11-23(21)17-29-27(33)25-13-7-15-31(19-25)37(35,36)32-16-8-14-26(20-32)28(34)30-18-24-12-6-4-10-22(24)2/h3-6,9-12,25-26H,7-8,13-20H2,1-2H3,(H,29,33)(H,30,34). The van der Waals surface area contributed by atoms with Crippen LogP contribution in [0, 0.1) is 25.7 Å². The zero-order valence-corrected chi connectivity index (χ0v) is 22.6. The quantitative estimate of drug-likeness (QED) is 0.553. The molecule has 0 spiro atoms. The molecule has 2 aliphatic heterocycles. The summed E-state index contributed by atoms with van der Waals surface area (Å²) in [6.07, 6.45) is 2.59. The number of benzene rings is 2. The number of nitrogens with zero attached hydrogens (tertiary/aromatic N) is 2. The van der Waals surface area contributed by atoms with Crippen molar-refractivity contribution in [2.24, 2.45) is 11.8 Å². The van der Waals surface area contributed by atoms with E-state index in [2.05, 4.69) is 10.6 Å². The fraction of sp³-hybridized carbons (Fsp3) is 0.500. The molecule has 2 aliphatic rings. The van der Waals surface area contributed by atoms with Crippen LogP contribution >= 0.6 is 0 Å². The lowest BCUT2D eigenvalue weighted by molar-refractivity contribution is -0.126. The molecule has 2 unspecified atom stereocenters. The maximum Gasteiger partial charge on any atom is 0.282 e. The molecule has 2 N–H and O–H groups in total. The summed E-state index contributed by atoms with van der Waals surface area (Å²) in [7, 11) is -3.76. The van der Waals surface area contributed by atoms with Crippen LogP contribution < -0.4 is 10.6 Å². The lowest BCUT2D eigenvalue weighted by Gasteiger charge is -2.38. The monoisotopic (exact) mass is 526 g/mol. The van der Waals surface area contributed by atoms with E-state index in [0.29, 0.717) is 51.9 Å². The van der Waals surface area contributed by atoms with Gasteiger partial charge < -0.3 is 10.6 Å².